The van der Waals surface area contributed by atoms with Crippen LogP contribution in [0.25, 0.3) is 0 Å². The maximum Gasteiger partial charge on any atom is 0.123 e. The number of nitrogens with one attached hydrogen (secondary N) is 1. The SMILES string of the molecule is Cc1cc(F)ccc1NCc1cc(Br)c(C)s1. The molecule has 0 fully saturated rings. The lowest BCUT2D eigenvalue weighted by Gasteiger charge is -2.08. The van der Waals surface area contributed by atoms with Gasteiger partial charge in [0.1, 0.15) is 5.82 Å². The first kappa shape index (κ1) is 12.6. The van der Waals surface area contributed by atoms with Gasteiger partial charge in [0, 0.05) is 26.5 Å². The van der Waals surface area contributed by atoms with Gasteiger partial charge in [-0.05, 0) is 59.6 Å². The van der Waals surface area contributed by atoms with Gasteiger partial charge in [-0.15, -0.1) is 11.3 Å². The Kier molecular flexibility index (Phi) is 3.84. The van der Waals surface area contributed by atoms with E-state index in [0.717, 1.165) is 22.3 Å². The fraction of sp³-hybridized carbons (Fsp3) is 0.231. The van der Waals surface area contributed by atoms with Crippen LogP contribution in [0.5, 0.6) is 0 Å². The van der Waals surface area contributed by atoms with Gasteiger partial charge in [0.25, 0.3) is 0 Å². The molecule has 2 aromatic rings. The second kappa shape index (κ2) is 5.19. The molecule has 0 saturated heterocycles. The summed E-state index contributed by atoms with van der Waals surface area (Å²) in [5.74, 6) is -0.192. The number of hydrogen-bond donors (Lipinski definition) is 1. The highest BCUT2D eigenvalue weighted by atomic mass is 79.9. The Morgan fingerprint density at radius 3 is 2.65 bits per heavy atom. The van der Waals surface area contributed by atoms with Crippen molar-refractivity contribution in [3.05, 3.63) is 49.9 Å². The largest absolute Gasteiger partial charge is 0.380 e. The summed E-state index contributed by atoms with van der Waals surface area (Å²) in [6.07, 6.45) is 0. The molecule has 0 unspecified atom stereocenters. The minimum atomic E-state index is -0.192. The molecule has 0 radical (unpaired) electrons. The maximum absolute atomic E-state index is 12.9. The molecule has 1 N–H and O–H groups in total. The van der Waals surface area contributed by atoms with Crippen molar-refractivity contribution in [1.29, 1.82) is 0 Å². The third kappa shape index (κ3) is 3.07. The molecule has 0 bridgehead atoms. The van der Waals surface area contributed by atoms with Crippen LogP contribution in [0.3, 0.4) is 0 Å². The number of thiophene rings is 1. The van der Waals surface area contributed by atoms with Gasteiger partial charge < -0.3 is 5.32 Å². The minimum absolute atomic E-state index is 0.192. The van der Waals surface area contributed by atoms with Crippen molar-refractivity contribution in [2.75, 3.05) is 5.32 Å². The molecule has 0 saturated carbocycles. The van der Waals surface area contributed by atoms with Crippen LogP contribution in [-0.2, 0) is 6.54 Å². The number of benzene rings is 1. The topological polar surface area (TPSA) is 12.0 Å². The van der Waals surface area contributed by atoms with Crippen LogP contribution in [0, 0.1) is 19.7 Å². The quantitative estimate of drug-likeness (QED) is 0.851. The van der Waals surface area contributed by atoms with Gasteiger partial charge in [0.05, 0.1) is 0 Å². The zero-order valence-corrected chi connectivity index (χ0v) is 12.1. The predicted octanol–water partition coefficient (Wildman–Crippen LogP) is 4.88. The molecular weight excluding hydrogens is 301 g/mol. The Bertz CT molecular complexity index is 517. The van der Waals surface area contributed by atoms with E-state index in [1.807, 2.05) is 6.92 Å². The van der Waals surface area contributed by atoms with Gasteiger partial charge >= 0.3 is 0 Å². The van der Waals surface area contributed by atoms with Crippen molar-refractivity contribution in [2.45, 2.75) is 20.4 Å². The van der Waals surface area contributed by atoms with E-state index in [2.05, 4.69) is 34.2 Å². The zero-order valence-electron chi connectivity index (χ0n) is 9.68. The molecular formula is C13H13BrFNS. The number of aryl methyl sites for hydroxylation is 2. The lowest BCUT2D eigenvalue weighted by Crippen LogP contribution is -1.99. The Morgan fingerprint density at radius 2 is 2.06 bits per heavy atom. The molecule has 0 aliphatic heterocycles. The van der Waals surface area contributed by atoms with E-state index >= 15 is 0 Å². The minimum Gasteiger partial charge on any atom is -0.380 e. The van der Waals surface area contributed by atoms with Crippen LogP contribution in [0.4, 0.5) is 10.1 Å². The number of rotatable bonds is 3. The fourth-order valence-electron chi connectivity index (χ4n) is 1.61. The van der Waals surface area contributed by atoms with Crippen molar-refractivity contribution in [3.8, 4) is 0 Å². The average molecular weight is 314 g/mol. The number of halogens is 2. The molecule has 1 aromatic heterocycles. The molecule has 0 amide bonds. The molecule has 1 nitrogen and oxygen atoms in total. The normalized spacial score (nSPS) is 10.6. The predicted molar refractivity (Wildman–Crippen MR) is 75.2 cm³/mol. The van der Waals surface area contributed by atoms with E-state index in [-0.39, 0.29) is 5.82 Å². The van der Waals surface area contributed by atoms with Gasteiger partial charge in [-0.1, -0.05) is 0 Å². The molecule has 2 rings (SSSR count). The number of anilines is 1. The first-order chi connectivity index (χ1) is 8.06. The van der Waals surface area contributed by atoms with Gasteiger partial charge in [0.2, 0.25) is 0 Å². The summed E-state index contributed by atoms with van der Waals surface area (Å²) < 4.78 is 14.1. The second-order valence-corrected chi connectivity index (χ2v) is 6.12. The smallest absolute Gasteiger partial charge is 0.123 e. The van der Waals surface area contributed by atoms with Crippen LogP contribution in [0.15, 0.2) is 28.7 Å². The van der Waals surface area contributed by atoms with Crippen molar-refractivity contribution >= 4 is 33.0 Å². The standard InChI is InChI=1S/C13H13BrFNS/c1-8-5-10(15)3-4-13(8)16-7-11-6-12(14)9(2)17-11/h3-6,16H,7H2,1-2H3. The van der Waals surface area contributed by atoms with Crippen LogP contribution < -0.4 is 5.32 Å². The molecule has 0 aliphatic rings. The summed E-state index contributed by atoms with van der Waals surface area (Å²) in [6.45, 7) is 4.76. The molecule has 0 aliphatic carbocycles. The Balaban J connectivity index is 2.07. The van der Waals surface area contributed by atoms with E-state index in [0.29, 0.717) is 0 Å². The third-order valence-corrected chi connectivity index (χ3v) is 4.69. The Hall–Kier alpha value is -0.870. The van der Waals surface area contributed by atoms with Gasteiger partial charge in [-0.25, -0.2) is 4.39 Å². The van der Waals surface area contributed by atoms with E-state index in [4.69, 9.17) is 0 Å². The summed E-state index contributed by atoms with van der Waals surface area (Å²) in [5, 5.41) is 3.32. The molecule has 0 spiro atoms. The molecule has 1 heterocycles. The van der Waals surface area contributed by atoms with Crippen molar-refractivity contribution in [1.82, 2.24) is 0 Å². The second-order valence-electron chi connectivity index (χ2n) is 3.93. The first-order valence-corrected chi connectivity index (χ1v) is 6.92. The third-order valence-electron chi connectivity index (χ3n) is 2.55. The van der Waals surface area contributed by atoms with E-state index in [1.54, 1.807) is 17.4 Å². The number of hydrogen-bond acceptors (Lipinski definition) is 2. The Labute approximate surface area is 113 Å². The van der Waals surface area contributed by atoms with Crippen LogP contribution >= 0.6 is 27.3 Å². The Morgan fingerprint density at radius 1 is 1.29 bits per heavy atom. The van der Waals surface area contributed by atoms with Crippen molar-refractivity contribution < 1.29 is 4.39 Å². The highest BCUT2D eigenvalue weighted by Crippen LogP contribution is 2.27. The summed E-state index contributed by atoms with van der Waals surface area (Å²) in [4.78, 5) is 2.54. The first-order valence-electron chi connectivity index (χ1n) is 5.31. The van der Waals surface area contributed by atoms with Crippen LogP contribution in [0.1, 0.15) is 15.3 Å². The zero-order chi connectivity index (χ0) is 12.4. The molecule has 4 heteroatoms. The summed E-state index contributed by atoms with van der Waals surface area (Å²) in [5.41, 5.74) is 1.91. The molecule has 90 valence electrons. The van der Waals surface area contributed by atoms with Crippen molar-refractivity contribution in [2.24, 2.45) is 0 Å². The summed E-state index contributed by atoms with van der Waals surface area (Å²) in [7, 11) is 0. The highest BCUT2D eigenvalue weighted by Gasteiger charge is 2.04. The van der Waals surface area contributed by atoms with Crippen molar-refractivity contribution in [3.63, 3.8) is 0 Å². The molecule has 17 heavy (non-hydrogen) atoms. The fourth-order valence-corrected chi connectivity index (χ4v) is 3.15. The monoisotopic (exact) mass is 313 g/mol. The molecule has 1 aromatic carbocycles. The van der Waals surface area contributed by atoms with E-state index in [1.165, 1.54) is 21.9 Å². The van der Waals surface area contributed by atoms with Crippen LogP contribution in [0.2, 0.25) is 0 Å². The lowest BCUT2D eigenvalue weighted by atomic mass is 10.2. The summed E-state index contributed by atoms with van der Waals surface area (Å²) in [6, 6.07) is 6.91. The van der Waals surface area contributed by atoms with E-state index in [9.17, 15) is 4.39 Å². The van der Waals surface area contributed by atoms with Gasteiger partial charge in [0.15, 0.2) is 0 Å². The van der Waals surface area contributed by atoms with Gasteiger partial charge in [-0.2, -0.15) is 0 Å². The highest BCUT2D eigenvalue weighted by molar-refractivity contribution is 9.10. The lowest BCUT2D eigenvalue weighted by molar-refractivity contribution is 0.627. The van der Waals surface area contributed by atoms with Crippen LogP contribution in [-0.4, -0.2) is 0 Å². The van der Waals surface area contributed by atoms with Gasteiger partial charge in [-0.3, -0.25) is 0 Å². The summed E-state index contributed by atoms with van der Waals surface area (Å²) >= 11 is 5.26. The van der Waals surface area contributed by atoms with E-state index < -0.39 is 0 Å². The molecule has 0 atom stereocenters. The average Bonchev–Trinajstić information content (AvgIpc) is 2.57. The maximum atomic E-state index is 12.9.